The van der Waals surface area contributed by atoms with E-state index in [1.165, 1.54) is 0 Å². The second kappa shape index (κ2) is 9.95. The fraction of sp³-hybridized carbons (Fsp3) is 0.179. The molecule has 36 heavy (non-hydrogen) atoms. The van der Waals surface area contributed by atoms with Crippen molar-refractivity contribution >= 4 is 29.1 Å². The minimum absolute atomic E-state index is 0.00392. The summed E-state index contributed by atoms with van der Waals surface area (Å²) >= 11 is 0. The molecule has 0 atom stereocenters. The summed E-state index contributed by atoms with van der Waals surface area (Å²) in [6.07, 6.45) is 4.40. The van der Waals surface area contributed by atoms with Crippen molar-refractivity contribution in [3.8, 4) is 11.3 Å². The Labute approximate surface area is 209 Å². The molecular weight excluding hydrogens is 452 g/mol. The van der Waals surface area contributed by atoms with Crippen molar-refractivity contribution in [2.24, 2.45) is 0 Å². The first kappa shape index (κ1) is 23.2. The Kier molecular flexibility index (Phi) is 6.40. The van der Waals surface area contributed by atoms with E-state index in [1.54, 1.807) is 48.4 Å². The van der Waals surface area contributed by atoms with Gasteiger partial charge in [-0.25, -0.2) is 9.97 Å². The van der Waals surface area contributed by atoms with Gasteiger partial charge < -0.3 is 15.1 Å². The highest BCUT2D eigenvalue weighted by molar-refractivity contribution is 6.01. The third-order valence-electron chi connectivity index (χ3n) is 6.27. The van der Waals surface area contributed by atoms with Crippen LogP contribution in [0, 0.1) is 0 Å². The molecule has 0 saturated carbocycles. The summed E-state index contributed by atoms with van der Waals surface area (Å²) in [4.78, 5) is 42.2. The molecule has 1 aliphatic heterocycles. The Morgan fingerprint density at radius 3 is 2.58 bits per heavy atom. The molecule has 2 aromatic carbocycles. The maximum Gasteiger partial charge on any atom is 0.253 e. The normalized spacial score (nSPS) is 12.4. The summed E-state index contributed by atoms with van der Waals surface area (Å²) in [5.41, 5.74) is 5.55. The quantitative estimate of drug-likeness (QED) is 0.448. The molecule has 8 heteroatoms. The van der Waals surface area contributed by atoms with Crippen LogP contribution in [-0.2, 0) is 17.6 Å². The Balaban J connectivity index is 1.30. The van der Waals surface area contributed by atoms with Crippen LogP contribution in [0.5, 0.6) is 0 Å². The third kappa shape index (κ3) is 4.79. The largest absolute Gasteiger partial charge is 0.341 e. The summed E-state index contributed by atoms with van der Waals surface area (Å²) in [7, 11) is 3.57. The molecule has 5 rings (SSSR count). The van der Waals surface area contributed by atoms with Crippen molar-refractivity contribution in [2.45, 2.75) is 12.8 Å². The lowest BCUT2D eigenvalue weighted by molar-refractivity contribution is -0.117. The summed E-state index contributed by atoms with van der Waals surface area (Å²) in [6, 6.07) is 20.7. The number of rotatable bonds is 6. The molecule has 1 N–H and O–H groups in total. The maximum atomic E-state index is 12.8. The number of fused-ring (bicyclic) bond motifs is 3. The molecule has 180 valence electrons. The number of nitrogens with zero attached hydrogens (tertiary/aromatic N) is 5. The first-order chi connectivity index (χ1) is 17.5. The standard InChI is InChI=1S/C28H26N6O2/c1-33(16-14-21-7-5-6-15-29-21)27(36)19-10-12-22(13-11-19)31-28-30-18-20-17-25(35)34(2)24-9-4-3-8-23(24)26(20)32-28/h3-13,15,18H,14,16-17H2,1-2H3,(H,30,31,32). The number of aromatic nitrogens is 3. The Morgan fingerprint density at radius 2 is 1.81 bits per heavy atom. The topological polar surface area (TPSA) is 91.3 Å². The van der Waals surface area contributed by atoms with Gasteiger partial charge in [-0.1, -0.05) is 24.3 Å². The molecule has 2 aromatic heterocycles. The lowest BCUT2D eigenvalue weighted by Crippen LogP contribution is -2.28. The summed E-state index contributed by atoms with van der Waals surface area (Å²) in [5, 5.41) is 3.22. The molecule has 1 aliphatic rings. The summed E-state index contributed by atoms with van der Waals surface area (Å²) < 4.78 is 0. The second-order valence-corrected chi connectivity index (χ2v) is 8.71. The van der Waals surface area contributed by atoms with Gasteiger partial charge >= 0.3 is 0 Å². The molecule has 8 nitrogen and oxygen atoms in total. The molecule has 0 aliphatic carbocycles. The zero-order valence-electron chi connectivity index (χ0n) is 20.2. The van der Waals surface area contributed by atoms with Crippen molar-refractivity contribution in [3.05, 3.63) is 95.9 Å². The van der Waals surface area contributed by atoms with Gasteiger partial charge in [0.25, 0.3) is 5.91 Å². The molecular formula is C28H26N6O2. The fourth-order valence-corrected chi connectivity index (χ4v) is 4.19. The van der Waals surface area contributed by atoms with Crippen molar-refractivity contribution in [3.63, 3.8) is 0 Å². The van der Waals surface area contributed by atoms with E-state index < -0.39 is 0 Å². The van der Waals surface area contributed by atoms with E-state index in [2.05, 4.69) is 15.3 Å². The predicted octanol–water partition coefficient (Wildman–Crippen LogP) is 4.12. The van der Waals surface area contributed by atoms with Crippen LogP contribution in [0.1, 0.15) is 21.6 Å². The monoisotopic (exact) mass is 478 g/mol. The van der Waals surface area contributed by atoms with E-state index in [9.17, 15) is 9.59 Å². The average Bonchev–Trinajstić information content (AvgIpc) is 3.02. The molecule has 0 unspecified atom stereocenters. The molecule has 0 bridgehead atoms. The second-order valence-electron chi connectivity index (χ2n) is 8.71. The van der Waals surface area contributed by atoms with Gasteiger partial charge in [0.1, 0.15) is 0 Å². The first-order valence-corrected chi connectivity index (χ1v) is 11.7. The zero-order valence-corrected chi connectivity index (χ0v) is 20.2. The average molecular weight is 479 g/mol. The van der Waals surface area contributed by atoms with Crippen LogP contribution in [0.15, 0.2) is 79.1 Å². The molecule has 0 saturated heterocycles. The van der Waals surface area contributed by atoms with Crippen molar-refractivity contribution < 1.29 is 9.59 Å². The number of pyridine rings is 1. The van der Waals surface area contributed by atoms with Gasteiger partial charge in [-0.2, -0.15) is 0 Å². The third-order valence-corrected chi connectivity index (χ3v) is 6.27. The number of benzene rings is 2. The smallest absolute Gasteiger partial charge is 0.253 e. The van der Waals surface area contributed by atoms with E-state index in [1.807, 2.05) is 54.6 Å². The maximum absolute atomic E-state index is 12.8. The number of para-hydroxylation sites is 1. The van der Waals surface area contributed by atoms with Crippen LogP contribution in [0.4, 0.5) is 17.3 Å². The number of nitrogens with one attached hydrogen (secondary N) is 1. The van der Waals surface area contributed by atoms with Crippen LogP contribution in [0.25, 0.3) is 11.3 Å². The van der Waals surface area contributed by atoms with E-state index in [0.717, 1.165) is 33.9 Å². The highest BCUT2D eigenvalue weighted by Crippen LogP contribution is 2.35. The minimum Gasteiger partial charge on any atom is -0.341 e. The summed E-state index contributed by atoms with van der Waals surface area (Å²) in [5.74, 6) is 0.368. The van der Waals surface area contributed by atoms with Gasteiger partial charge in [0.2, 0.25) is 11.9 Å². The Hall–Kier alpha value is -4.59. The van der Waals surface area contributed by atoms with Crippen LogP contribution in [-0.4, -0.2) is 52.3 Å². The lowest BCUT2D eigenvalue weighted by atomic mass is 10.1. The van der Waals surface area contributed by atoms with Crippen molar-refractivity contribution in [1.82, 2.24) is 19.9 Å². The number of carbonyl (C=O) groups excluding carboxylic acids is 2. The van der Waals surface area contributed by atoms with Crippen molar-refractivity contribution in [1.29, 1.82) is 0 Å². The van der Waals surface area contributed by atoms with Gasteiger partial charge in [-0.15, -0.1) is 0 Å². The summed E-state index contributed by atoms with van der Waals surface area (Å²) in [6.45, 7) is 0.581. The van der Waals surface area contributed by atoms with Gasteiger partial charge in [-0.3, -0.25) is 14.6 Å². The van der Waals surface area contributed by atoms with Crippen molar-refractivity contribution in [2.75, 3.05) is 30.9 Å². The van der Waals surface area contributed by atoms with E-state index in [0.29, 0.717) is 24.5 Å². The Morgan fingerprint density at radius 1 is 1.03 bits per heavy atom. The van der Waals surface area contributed by atoms with E-state index in [4.69, 9.17) is 4.98 Å². The molecule has 3 heterocycles. The highest BCUT2D eigenvalue weighted by Gasteiger charge is 2.24. The van der Waals surface area contributed by atoms with Crippen LogP contribution >= 0.6 is 0 Å². The first-order valence-electron chi connectivity index (χ1n) is 11.7. The minimum atomic E-state index is -0.0517. The van der Waals surface area contributed by atoms with Crippen LogP contribution in [0.3, 0.4) is 0 Å². The van der Waals surface area contributed by atoms with Gasteiger partial charge in [0.15, 0.2) is 0 Å². The van der Waals surface area contributed by atoms with Gasteiger partial charge in [0, 0.05) is 67.5 Å². The van der Waals surface area contributed by atoms with Crippen LogP contribution < -0.4 is 10.2 Å². The fourth-order valence-electron chi connectivity index (χ4n) is 4.19. The number of likely N-dealkylation sites (N-methyl/N-ethyl adjacent to an activating group) is 2. The molecule has 2 amide bonds. The molecule has 0 fully saturated rings. The predicted molar refractivity (Wildman–Crippen MR) is 139 cm³/mol. The molecule has 4 aromatic rings. The highest BCUT2D eigenvalue weighted by atomic mass is 16.2. The molecule has 0 radical (unpaired) electrons. The van der Waals surface area contributed by atoms with E-state index in [-0.39, 0.29) is 18.2 Å². The van der Waals surface area contributed by atoms with E-state index >= 15 is 0 Å². The Bertz CT molecular complexity index is 1410. The number of hydrogen-bond donors (Lipinski definition) is 1. The number of hydrogen-bond acceptors (Lipinski definition) is 6. The zero-order chi connectivity index (χ0) is 25.1. The number of anilines is 3. The van der Waals surface area contributed by atoms with Gasteiger partial charge in [-0.05, 0) is 42.5 Å². The number of amides is 2. The lowest BCUT2D eigenvalue weighted by Gasteiger charge is -2.17. The molecule has 0 spiro atoms. The SMILES string of the molecule is CN(CCc1ccccn1)C(=O)c1ccc(Nc2ncc3c(n2)-c2ccccc2N(C)C(=O)C3)cc1. The van der Waals surface area contributed by atoms with Gasteiger partial charge in [0.05, 0.1) is 17.8 Å². The van der Waals surface area contributed by atoms with Crippen LogP contribution in [0.2, 0.25) is 0 Å². The number of carbonyl (C=O) groups is 2.